The number of aromatic nitrogens is 3. The van der Waals surface area contributed by atoms with Crippen LogP contribution in [0.1, 0.15) is 23.2 Å². The van der Waals surface area contributed by atoms with Crippen LogP contribution in [0.3, 0.4) is 0 Å². The van der Waals surface area contributed by atoms with Crippen LogP contribution >= 0.6 is 0 Å². The molecule has 0 radical (unpaired) electrons. The predicted octanol–water partition coefficient (Wildman–Crippen LogP) is 1.85. The van der Waals surface area contributed by atoms with E-state index in [9.17, 15) is 0 Å². The first-order chi connectivity index (χ1) is 8.65. The Morgan fingerprint density at radius 3 is 2.72 bits per heavy atom. The van der Waals surface area contributed by atoms with Gasteiger partial charge in [0.2, 0.25) is 0 Å². The van der Waals surface area contributed by atoms with Crippen LogP contribution in [0.15, 0.2) is 18.5 Å². The monoisotopic (exact) mass is 243 g/mol. The van der Waals surface area contributed by atoms with Crippen molar-refractivity contribution in [3.63, 3.8) is 0 Å². The zero-order chi connectivity index (χ0) is 13.1. The van der Waals surface area contributed by atoms with Gasteiger partial charge in [-0.25, -0.2) is 0 Å². The topological polar surface area (TPSA) is 72.6 Å². The maximum absolute atomic E-state index is 9.06. The Morgan fingerprint density at radius 1 is 1.39 bits per heavy atom. The first kappa shape index (κ1) is 12.2. The van der Waals surface area contributed by atoms with E-state index in [-0.39, 0.29) is 0 Å². The number of nitriles is 1. The highest BCUT2D eigenvalue weighted by Gasteiger charge is 2.14. The van der Waals surface area contributed by atoms with Gasteiger partial charge in [0.1, 0.15) is 11.9 Å². The first-order valence-electron chi connectivity index (χ1n) is 5.98. The van der Waals surface area contributed by atoms with Crippen molar-refractivity contribution < 1.29 is 0 Å². The molecule has 2 aromatic heterocycles. The highest BCUT2D eigenvalue weighted by Crippen LogP contribution is 2.23. The normalized spacial score (nSPS) is 10.5. The van der Waals surface area contributed by atoms with E-state index >= 15 is 0 Å². The van der Waals surface area contributed by atoms with Gasteiger partial charge in [-0.05, 0) is 31.9 Å². The first-order valence-corrected chi connectivity index (χ1v) is 5.98. The summed E-state index contributed by atoms with van der Waals surface area (Å²) in [6, 6.07) is 4.08. The molecule has 0 aliphatic rings. The Kier molecular flexibility index (Phi) is 3.38. The number of aryl methyl sites for hydroxylation is 1. The summed E-state index contributed by atoms with van der Waals surface area (Å²) in [5.41, 5.74) is 8.65. The summed E-state index contributed by atoms with van der Waals surface area (Å²) in [5, 5.41) is 13.2. The van der Waals surface area contributed by atoms with Crippen molar-refractivity contribution >= 4 is 5.82 Å². The molecular weight excluding hydrogens is 226 g/mol. The van der Waals surface area contributed by atoms with Crippen LogP contribution < -0.4 is 5.73 Å². The van der Waals surface area contributed by atoms with Crippen LogP contribution in [0, 0.1) is 25.2 Å². The summed E-state index contributed by atoms with van der Waals surface area (Å²) < 4.78 is 3.91. The van der Waals surface area contributed by atoms with Crippen molar-refractivity contribution in [1.82, 2.24) is 14.3 Å². The number of hydrogen-bond acceptors (Lipinski definition) is 3. The molecule has 94 valence electrons. The molecule has 0 aliphatic heterocycles. The van der Waals surface area contributed by atoms with Crippen LogP contribution in [-0.2, 0) is 13.1 Å². The van der Waals surface area contributed by atoms with Gasteiger partial charge in [0.15, 0.2) is 0 Å². The Hall–Kier alpha value is -2.22. The second kappa shape index (κ2) is 4.96. The summed E-state index contributed by atoms with van der Waals surface area (Å²) >= 11 is 0. The standard InChI is InChI=1S/C13H17N5/c1-10-11(2)18(13(15)12(10)9-14)8-4-7-17-6-3-5-16-17/h3,5-6H,4,7-8,15H2,1-2H3. The number of anilines is 1. The average Bonchev–Trinajstić information content (AvgIpc) is 2.93. The number of nitrogens with zero attached hydrogens (tertiary/aromatic N) is 4. The van der Waals surface area contributed by atoms with Crippen molar-refractivity contribution in [3.8, 4) is 6.07 Å². The van der Waals surface area contributed by atoms with Crippen LogP contribution in [0.5, 0.6) is 0 Å². The van der Waals surface area contributed by atoms with Gasteiger partial charge in [-0.15, -0.1) is 0 Å². The third-order valence-corrected chi connectivity index (χ3v) is 3.31. The molecule has 2 N–H and O–H groups in total. The zero-order valence-corrected chi connectivity index (χ0v) is 10.7. The number of hydrogen-bond donors (Lipinski definition) is 1. The third kappa shape index (κ3) is 2.09. The SMILES string of the molecule is Cc1c(C#N)c(N)n(CCCn2cccn2)c1C. The summed E-state index contributed by atoms with van der Waals surface area (Å²) in [6.07, 6.45) is 4.65. The van der Waals surface area contributed by atoms with Gasteiger partial charge < -0.3 is 10.3 Å². The Bertz CT molecular complexity index is 572. The molecule has 18 heavy (non-hydrogen) atoms. The van der Waals surface area contributed by atoms with E-state index in [1.54, 1.807) is 6.20 Å². The van der Waals surface area contributed by atoms with Crippen LogP contribution in [0.4, 0.5) is 5.82 Å². The quantitative estimate of drug-likeness (QED) is 0.890. The van der Waals surface area contributed by atoms with Crippen molar-refractivity contribution in [2.45, 2.75) is 33.4 Å². The molecule has 0 aromatic carbocycles. The maximum Gasteiger partial charge on any atom is 0.122 e. The van der Waals surface area contributed by atoms with E-state index in [1.807, 2.05) is 35.4 Å². The van der Waals surface area contributed by atoms with Gasteiger partial charge >= 0.3 is 0 Å². The summed E-state index contributed by atoms with van der Waals surface area (Å²) in [7, 11) is 0. The molecule has 0 fully saturated rings. The van der Waals surface area contributed by atoms with E-state index in [0.29, 0.717) is 11.4 Å². The number of nitrogens with two attached hydrogens (primary N) is 1. The average molecular weight is 243 g/mol. The van der Waals surface area contributed by atoms with Crippen molar-refractivity contribution in [2.24, 2.45) is 0 Å². The second-order valence-electron chi connectivity index (χ2n) is 4.36. The molecule has 0 saturated carbocycles. The molecule has 0 saturated heterocycles. The van der Waals surface area contributed by atoms with Crippen molar-refractivity contribution in [2.75, 3.05) is 5.73 Å². The zero-order valence-electron chi connectivity index (χ0n) is 10.7. The molecule has 0 spiro atoms. The predicted molar refractivity (Wildman–Crippen MR) is 69.9 cm³/mol. The van der Waals surface area contributed by atoms with E-state index < -0.39 is 0 Å². The largest absolute Gasteiger partial charge is 0.384 e. The summed E-state index contributed by atoms with van der Waals surface area (Å²) in [4.78, 5) is 0. The Balaban J connectivity index is 2.08. The highest BCUT2D eigenvalue weighted by atomic mass is 15.3. The molecule has 0 amide bonds. The highest BCUT2D eigenvalue weighted by molar-refractivity contribution is 5.57. The fraction of sp³-hybridized carbons (Fsp3) is 0.385. The minimum Gasteiger partial charge on any atom is -0.384 e. The van der Waals surface area contributed by atoms with E-state index in [1.165, 1.54) is 0 Å². The molecule has 5 heteroatoms. The fourth-order valence-corrected chi connectivity index (χ4v) is 2.14. The lowest BCUT2D eigenvalue weighted by Crippen LogP contribution is -2.08. The molecular formula is C13H17N5. The third-order valence-electron chi connectivity index (χ3n) is 3.31. The lowest BCUT2D eigenvalue weighted by atomic mass is 10.2. The summed E-state index contributed by atoms with van der Waals surface area (Å²) in [6.45, 7) is 5.60. The van der Waals surface area contributed by atoms with Gasteiger partial charge in [0.05, 0.1) is 5.56 Å². The molecule has 2 rings (SSSR count). The molecule has 0 unspecified atom stereocenters. The molecule has 0 atom stereocenters. The minimum atomic E-state index is 0.577. The Morgan fingerprint density at radius 2 is 2.17 bits per heavy atom. The van der Waals surface area contributed by atoms with Crippen LogP contribution in [0.2, 0.25) is 0 Å². The van der Waals surface area contributed by atoms with E-state index in [0.717, 1.165) is 30.8 Å². The summed E-state index contributed by atoms with van der Waals surface area (Å²) in [5.74, 6) is 0.577. The maximum atomic E-state index is 9.06. The van der Waals surface area contributed by atoms with E-state index in [4.69, 9.17) is 11.0 Å². The van der Waals surface area contributed by atoms with Crippen LogP contribution in [0.25, 0.3) is 0 Å². The van der Waals surface area contributed by atoms with Gasteiger partial charge in [0.25, 0.3) is 0 Å². The van der Waals surface area contributed by atoms with Crippen LogP contribution in [-0.4, -0.2) is 14.3 Å². The molecule has 0 aliphatic carbocycles. The minimum absolute atomic E-state index is 0.577. The molecule has 0 bridgehead atoms. The molecule has 2 aromatic rings. The number of nitrogen functional groups attached to an aromatic ring is 1. The molecule has 2 heterocycles. The van der Waals surface area contributed by atoms with Crippen molar-refractivity contribution in [1.29, 1.82) is 5.26 Å². The fourth-order valence-electron chi connectivity index (χ4n) is 2.14. The van der Waals surface area contributed by atoms with Crippen molar-refractivity contribution in [3.05, 3.63) is 35.3 Å². The Labute approximate surface area is 106 Å². The lowest BCUT2D eigenvalue weighted by molar-refractivity contribution is 0.525. The molecule has 5 nitrogen and oxygen atoms in total. The van der Waals surface area contributed by atoms with Gasteiger partial charge in [-0.3, -0.25) is 4.68 Å². The lowest BCUT2D eigenvalue weighted by Gasteiger charge is -2.09. The van der Waals surface area contributed by atoms with Gasteiger partial charge in [0, 0.05) is 31.2 Å². The van der Waals surface area contributed by atoms with E-state index in [2.05, 4.69) is 11.2 Å². The van der Waals surface area contributed by atoms with Gasteiger partial charge in [-0.2, -0.15) is 10.4 Å². The smallest absolute Gasteiger partial charge is 0.122 e. The number of rotatable bonds is 4. The second-order valence-corrected chi connectivity index (χ2v) is 4.36. The van der Waals surface area contributed by atoms with Gasteiger partial charge in [-0.1, -0.05) is 0 Å².